The Kier molecular flexibility index (Phi) is 16.2. The molecule has 0 saturated heterocycles. The molecule has 32 heavy (non-hydrogen) atoms. The van der Waals surface area contributed by atoms with Crippen LogP contribution in [-0.2, 0) is 4.79 Å². The number of phenols is 1. The summed E-state index contributed by atoms with van der Waals surface area (Å²) in [7, 11) is 0. The second-order valence-corrected chi connectivity index (χ2v) is 8.97. The molecule has 3 N–H and O–H groups in total. The molecule has 0 aliphatic rings. The topological polar surface area (TPSA) is 78.4 Å². The molecule has 0 saturated carbocycles. The predicted octanol–water partition coefficient (Wildman–Crippen LogP) is 7.34. The van der Waals surface area contributed by atoms with Crippen LogP contribution in [0, 0.1) is 0 Å². The zero-order valence-electron chi connectivity index (χ0n) is 20.5. The van der Waals surface area contributed by atoms with Crippen LogP contribution in [0.3, 0.4) is 0 Å². The number of unbranched alkanes of at least 4 members (excludes halogenated alkanes) is 15. The fourth-order valence-corrected chi connectivity index (χ4v) is 3.97. The van der Waals surface area contributed by atoms with Gasteiger partial charge in [-0.3, -0.25) is 9.59 Å². The van der Waals surface area contributed by atoms with Crippen molar-refractivity contribution in [2.45, 2.75) is 117 Å². The van der Waals surface area contributed by atoms with Gasteiger partial charge in [0.05, 0.1) is 5.56 Å². The first-order valence-electron chi connectivity index (χ1n) is 12.9. The van der Waals surface area contributed by atoms with Crippen LogP contribution in [0.2, 0.25) is 0 Å². The van der Waals surface area contributed by atoms with Crippen LogP contribution >= 0.6 is 0 Å². The third kappa shape index (κ3) is 14.1. The van der Waals surface area contributed by atoms with Gasteiger partial charge >= 0.3 is 0 Å². The lowest BCUT2D eigenvalue weighted by molar-refractivity contribution is -0.114. The van der Waals surface area contributed by atoms with Crippen LogP contribution in [-0.4, -0.2) is 23.5 Å². The molecule has 5 heteroatoms. The maximum Gasteiger partial charge on any atom is 0.255 e. The monoisotopic (exact) mass is 446 g/mol. The molecule has 0 aliphatic carbocycles. The van der Waals surface area contributed by atoms with Crippen LogP contribution in [0.15, 0.2) is 18.2 Å². The number of phenolic OH excluding ortho intramolecular Hbond substituents is 1. The number of amides is 2. The van der Waals surface area contributed by atoms with Crippen LogP contribution in [0.25, 0.3) is 0 Å². The summed E-state index contributed by atoms with van der Waals surface area (Å²) in [6.45, 7) is 4.28. The van der Waals surface area contributed by atoms with Crippen molar-refractivity contribution in [1.29, 1.82) is 0 Å². The molecular formula is C27H46N2O3. The molecule has 0 bridgehead atoms. The van der Waals surface area contributed by atoms with Crippen molar-refractivity contribution in [3.8, 4) is 5.75 Å². The average molecular weight is 447 g/mol. The fourth-order valence-electron chi connectivity index (χ4n) is 3.97. The second-order valence-electron chi connectivity index (χ2n) is 8.97. The Bertz CT molecular complexity index is 646. The van der Waals surface area contributed by atoms with Gasteiger partial charge in [-0.25, -0.2) is 0 Å². The minimum atomic E-state index is -0.280. The molecule has 0 radical (unpaired) electrons. The van der Waals surface area contributed by atoms with E-state index in [0.717, 1.165) is 12.8 Å². The number of rotatable bonds is 19. The van der Waals surface area contributed by atoms with Crippen molar-refractivity contribution in [1.82, 2.24) is 5.32 Å². The Balaban J connectivity index is 1.93. The molecule has 182 valence electrons. The van der Waals surface area contributed by atoms with E-state index in [4.69, 9.17) is 0 Å². The summed E-state index contributed by atoms with van der Waals surface area (Å²) in [5.41, 5.74) is 0.708. The Labute approximate surface area is 195 Å². The summed E-state index contributed by atoms with van der Waals surface area (Å²) in [6, 6.07) is 4.54. The van der Waals surface area contributed by atoms with Crippen LogP contribution in [0.1, 0.15) is 127 Å². The molecule has 0 unspecified atom stereocenters. The molecule has 1 rings (SSSR count). The van der Waals surface area contributed by atoms with Gasteiger partial charge in [0.15, 0.2) is 0 Å². The minimum absolute atomic E-state index is 0.124. The average Bonchev–Trinajstić information content (AvgIpc) is 2.75. The van der Waals surface area contributed by atoms with Crippen LogP contribution in [0.4, 0.5) is 5.69 Å². The number of carbonyl (C=O) groups is 2. The third-order valence-corrected chi connectivity index (χ3v) is 5.88. The number of anilines is 1. The highest BCUT2D eigenvalue weighted by atomic mass is 16.3. The van der Waals surface area contributed by atoms with Crippen molar-refractivity contribution < 1.29 is 14.7 Å². The maximum atomic E-state index is 12.2. The van der Waals surface area contributed by atoms with E-state index in [-0.39, 0.29) is 23.1 Å². The number of hydrogen-bond acceptors (Lipinski definition) is 3. The molecule has 2 amide bonds. The quantitative estimate of drug-likeness (QED) is 0.194. The van der Waals surface area contributed by atoms with E-state index in [1.54, 1.807) is 6.07 Å². The van der Waals surface area contributed by atoms with Crippen molar-refractivity contribution in [3.05, 3.63) is 23.8 Å². The molecule has 1 aromatic carbocycles. The number of hydrogen-bond donors (Lipinski definition) is 3. The summed E-state index contributed by atoms with van der Waals surface area (Å²) >= 11 is 0. The van der Waals surface area contributed by atoms with E-state index < -0.39 is 0 Å². The Morgan fingerprint density at radius 2 is 1.22 bits per heavy atom. The van der Waals surface area contributed by atoms with Crippen molar-refractivity contribution in [2.24, 2.45) is 0 Å². The highest BCUT2D eigenvalue weighted by molar-refractivity contribution is 5.98. The molecular weight excluding hydrogens is 400 g/mol. The molecule has 0 spiro atoms. The van der Waals surface area contributed by atoms with E-state index in [2.05, 4.69) is 17.6 Å². The van der Waals surface area contributed by atoms with Gasteiger partial charge in [-0.2, -0.15) is 0 Å². The highest BCUT2D eigenvalue weighted by Crippen LogP contribution is 2.22. The number of nitrogens with one attached hydrogen (secondary N) is 2. The first-order chi connectivity index (χ1) is 15.5. The van der Waals surface area contributed by atoms with Gasteiger partial charge in [-0.1, -0.05) is 103 Å². The lowest BCUT2D eigenvalue weighted by atomic mass is 10.0. The van der Waals surface area contributed by atoms with Crippen LogP contribution < -0.4 is 10.6 Å². The first kappa shape index (κ1) is 28.0. The van der Waals surface area contributed by atoms with Gasteiger partial charge in [-0.05, 0) is 18.6 Å². The SMILES string of the molecule is CCCCCCCCCCCCCCCCCCNC(=O)c1ccc(NC(C)=O)cc1O. The van der Waals surface area contributed by atoms with Gasteiger partial charge in [0.25, 0.3) is 5.91 Å². The normalized spacial score (nSPS) is 10.8. The van der Waals surface area contributed by atoms with Gasteiger partial charge in [-0.15, -0.1) is 0 Å². The molecule has 0 aromatic heterocycles. The molecule has 5 nitrogen and oxygen atoms in total. The van der Waals surface area contributed by atoms with E-state index in [1.165, 1.54) is 109 Å². The van der Waals surface area contributed by atoms with Gasteiger partial charge < -0.3 is 15.7 Å². The van der Waals surface area contributed by atoms with Crippen molar-refractivity contribution in [3.63, 3.8) is 0 Å². The minimum Gasteiger partial charge on any atom is -0.507 e. The summed E-state index contributed by atoms with van der Waals surface area (Å²) < 4.78 is 0. The second kappa shape index (κ2) is 18.5. The highest BCUT2D eigenvalue weighted by Gasteiger charge is 2.11. The Morgan fingerprint density at radius 3 is 1.66 bits per heavy atom. The Hall–Kier alpha value is -2.04. The molecule has 1 aromatic rings. The summed E-state index contributed by atoms with van der Waals surface area (Å²) in [5.74, 6) is -0.622. The maximum absolute atomic E-state index is 12.2. The van der Waals surface area contributed by atoms with Crippen LogP contribution in [0.5, 0.6) is 5.75 Å². The van der Waals surface area contributed by atoms with Gasteiger partial charge in [0.1, 0.15) is 5.75 Å². The van der Waals surface area contributed by atoms with E-state index in [1.807, 2.05) is 0 Å². The van der Waals surface area contributed by atoms with Crippen molar-refractivity contribution >= 4 is 17.5 Å². The lowest BCUT2D eigenvalue weighted by Crippen LogP contribution is -2.24. The van der Waals surface area contributed by atoms with Gasteiger partial charge in [0, 0.05) is 25.2 Å². The fraction of sp³-hybridized carbons (Fsp3) is 0.704. The van der Waals surface area contributed by atoms with Crippen molar-refractivity contribution in [2.75, 3.05) is 11.9 Å². The summed E-state index contributed by atoms with van der Waals surface area (Å²) in [4.78, 5) is 23.3. The standard InChI is InChI=1S/C27H46N2O3/c1-3-4-5-6-7-8-9-10-11-12-13-14-15-16-17-18-21-28-27(32)25-20-19-24(22-26(25)31)29-23(2)30/h19-20,22,31H,3-18,21H2,1-2H3,(H,28,32)(H,29,30). The largest absolute Gasteiger partial charge is 0.507 e. The number of carbonyl (C=O) groups excluding carboxylic acids is 2. The zero-order valence-corrected chi connectivity index (χ0v) is 20.5. The van der Waals surface area contributed by atoms with E-state index in [9.17, 15) is 14.7 Å². The number of aromatic hydroxyl groups is 1. The molecule has 0 aliphatic heterocycles. The van der Waals surface area contributed by atoms with Gasteiger partial charge in [0.2, 0.25) is 5.91 Å². The molecule has 0 atom stereocenters. The van der Waals surface area contributed by atoms with E-state index in [0.29, 0.717) is 12.2 Å². The molecule has 0 heterocycles. The third-order valence-electron chi connectivity index (χ3n) is 5.88. The summed E-state index contributed by atoms with van der Waals surface area (Å²) in [5, 5.41) is 15.5. The zero-order chi connectivity index (χ0) is 23.4. The molecule has 0 fully saturated rings. The number of benzene rings is 1. The van der Waals surface area contributed by atoms with E-state index >= 15 is 0 Å². The Morgan fingerprint density at radius 1 is 0.750 bits per heavy atom. The predicted molar refractivity (Wildman–Crippen MR) is 134 cm³/mol. The first-order valence-corrected chi connectivity index (χ1v) is 12.9. The summed E-state index contributed by atoms with van der Waals surface area (Å²) in [6.07, 6.45) is 21.2. The smallest absolute Gasteiger partial charge is 0.255 e. The lowest BCUT2D eigenvalue weighted by Gasteiger charge is -2.09.